The first-order valence-electron chi connectivity index (χ1n) is 7.16. The molecule has 0 aliphatic carbocycles. The number of rotatable bonds is 3. The van der Waals surface area contributed by atoms with Crippen LogP contribution in [-0.2, 0) is 14.3 Å². The number of halogens is 3. The number of methoxy groups -OCH3 is 1. The third-order valence-corrected chi connectivity index (χ3v) is 3.61. The highest BCUT2D eigenvalue weighted by atomic mass is 19.4. The Bertz CT molecular complexity index is 426. The van der Waals surface area contributed by atoms with Gasteiger partial charge in [0, 0.05) is 18.5 Å². The van der Waals surface area contributed by atoms with Crippen molar-refractivity contribution in [2.75, 3.05) is 20.2 Å². The molecule has 0 aromatic carbocycles. The highest BCUT2D eigenvalue weighted by Crippen LogP contribution is 2.42. The molecule has 0 radical (unpaired) electrons. The van der Waals surface area contributed by atoms with Crippen LogP contribution in [0.3, 0.4) is 0 Å². The second-order valence-corrected chi connectivity index (χ2v) is 6.65. The predicted octanol–water partition coefficient (Wildman–Crippen LogP) is 3.02. The van der Waals surface area contributed by atoms with Crippen LogP contribution in [0.2, 0.25) is 6.32 Å². The summed E-state index contributed by atoms with van der Waals surface area (Å²) in [6.07, 6.45) is -1.93. The van der Waals surface area contributed by atoms with E-state index in [-0.39, 0.29) is 25.9 Å². The molecule has 0 bridgehead atoms. The lowest BCUT2D eigenvalue weighted by Gasteiger charge is -2.42. The molecule has 0 aromatic heterocycles. The molecule has 0 aromatic rings. The summed E-state index contributed by atoms with van der Waals surface area (Å²) in [6.45, 7) is 0.0780. The summed E-state index contributed by atoms with van der Waals surface area (Å²) in [5, 5.41) is 0. The lowest BCUT2D eigenvalue weighted by atomic mass is 9.63. The molecule has 1 aliphatic rings. The molecule has 1 amide bonds. The lowest BCUT2D eigenvalue weighted by molar-refractivity contribution is -0.154. The van der Waals surface area contributed by atoms with Crippen LogP contribution in [0.4, 0.5) is 17.7 Å². The summed E-state index contributed by atoms with van der Waals surface area (Å²) < 4.78 is 48.2. The van der Waals surface area contributed by atoms with Crippen molar-refractivity contribution in [2.24, 2.45) is 5.41 Å². The molecule has 0 unspecified atom stereocenters. The fourth-order valence-corrected chi connectivity index (χ4v) is 2.59. The summed E-state index contributed by atoms with van der Waals surface area (Å²) >= 11 is 0. The Hall–Kier alpha value is -1.41. The molecule has 1 heterocycles. The van der Waals surface area contributed by atoms with Crippen LogP contribution in [0.25, 0.3) is 0 Å². The SMILES string of the molecule is COC(=O)C1(C[B-](F)(F)F)CCN(C(=O)OC(C)(C)C)CC1. The third kappa shape index (κ3) is 5.10. The summed E-state index contributed by atoms with van der Waals surface area (Å²) in [5.41, 5.74) is -2.27. The fraction of sp³-hybridized carbons (Fsp3) is 0.846. The van der Waals surface area contributed by atoms with Crippen LogP contribution >= 0.6 is 0 Å². The van der Waals surface area contributed by atoms with E-state index in [1.807, 2.05) is 0 Å². The van der Waals surface area contributed by atoms with Gasteiger partial charge >= 0.3 is 19.0 Å². The van der Waals surface area contributed by atoms with Crippen LogP contribution in [0.15, 0.2) is 0 Å². The van der Waals surface area contributed by atoms with Crippen molar-refractivity contribution in [1.29, 1.82) is 0 Å². The molecule has 1 aliphatic heterocycles. The Morgan fingerprint density at radius 2 is 1.68 bits per heavy atom. The summed E-state index contributed by atoms with van der Waals surface area (Å²) in [5.74, 6) is -0.865. The van der Waals surface area contributed by atoms with E-state index < -0.39 is 36.4 Å². The van der Waals surface area contributed by atoms with Gasteiger partial charge in [-0.3, -0.25) is 4.79 Å². The van der Waals surface area contributed by atoms with Gasteiger partial charge in [-0.05, 0) is 33.6 Å². The molecule has 1 rings (SSSR count). The molecule has 1 fully saturated rings. The Morgan fingerprint density at radius 1 is 1.18 bits per heavy atom. The minimum absolute atomic E-state index is 0.0379. The highest BCUT2D eigenvalue weighted by molar-refractivity contribution is 6.59. The van der Waals surface area contributed by atoms with Crippen LogP contribution < -0.4 is 0 Å². The number of carbonyl (C=O) groups excluding carboxylic acids is 2. The van der Waals surface area contributed by atoms with Crippen molar-refractivity contribution in [3.63, 3.8) is 0 Å². The number of nitrogens with zero attached hydrogens (tertiary/aromatic N) is 1. The molecular formula is C13H22BF3NO4-. The smallest absolute Gasteiger partial charge is 0.469 e. The first-order chi connectivity index (χ1) is 9.88. The minimum Gasteiger partial charge on any atom is -0.469 e. The number of hydrogen-bond donors (Lipinski definition) is 0. The third-order valence-electron chi connectivity index (χ3n) is 3.61. The van der Waals surface area contributed by atoms with Gasteiger partial charge in [-0.25, -0.2) is 4.79 Å². The normalized spacial score (nSPS) is 18.8. The van der Waals surface area contributed by atoms with Crippen LogP contribution in [0, 0.1) is 5.41 Å². The van der Waals surface area contributed by atoms with Crippen molar-refractivity contribution in [1.82, 2.24) is 4.90 Å². The molecule has 0 N–H and O–H groups in total. The maximum atomic E-state index is 12.8. The van der Waals surface area contributed by atoms with E-state index in [0.717, 1.165) is 7.11 Å². The highest BCUT2D eigenvalue weighted by Gasteiger charge is 2.48. The molecular weight excluding hydrogens is 302 g/mol. The Balaban J connectivity index is 2.77. The van der Waals surface area contributed by atoms with Crippen LogP contribution in [-0.4, -0.2) is 49.7 Å². The van der Waals surface area contributed by atoms with Gasteiger partial charge in [-0.15, -0.1) is 0 Å². The standard InChI is InChI=1S/C13H22BF3NO4/c1-12(2,3)22-11(20)18-7-5-13(6-8-18,10(19)21-4)9-14(15,16)17/h5-9H2,1-4H3/q-1. The molecule has 9 heteroatoms. The quantitative estimate of drug-likeness (QED) is 0.591. The Morgan fingerprint density at radius 3 is 2.05 bits per heavy atom. The summed E-state index contributed by atoms with van der Waals surface area (Å²) in [7, 11) is 1.08. The van der Waals surface area contributed by atoms with Gasteiger partial charge < -0.3 is 27.3 Å². The van der Waals surface area contributed by atoms with Gasteiger partial charge in [-0.2, -0.15) is 0 Å². The molecule has 22 heavy (non-hydrogen) atoms. The maximum Gasteiger partial charge on any atom is 0.479 e. The maximum absolute atomic E-state index is 12.8. The molecule has 0 atom stereocenters. The average Bonchev–Trinajstić information content (AvgIpc) is 2.34. The fourth-order valence-electron chi connectivity index (χ4n) is 2.59. The Labute approximate surface area is 128 Å². The van der Waals surface area contributed by atoms with Gasteiger partial charge in [0.25, 0.3) is 0 Å². The monoisotopic (exact) mass is 324 g/mol. The van der Waals surface area contributed by atoms with Crippen molar-refractivity contribution in [3.8, 4) is 0 Å². The van der Waals surface area contributed by atoms with Gasteiger partial charge in [0.15, 0.2) is 0 Å². The second kappa shape index (κ2) is 6.38. The van der Waals surface area contributed by atoms with Gasteiger partial charge in [0.2, 0.25) is 0 Å². The van der Waals surface area contributed by atoms with Gasteiger partial charge in [0.1, 0.15) is 5.60 Å². The predicted molar refractivity (Wildman–Crippen MR) is 75.4 cm³/mol. The van der Waals surface area contributed by atoms with Crippen LogP contribution in [0.1, 0.15) is 33.6 Å². The Kier molecular flexibility index (Phi) is 5.40. The van der Waals surface area contributed by atoms with E-state index >= 15 is 0 Å². The summed E-state index contributed by atoms with van der Waals surface area (Å²) in [4.78, 5) is 25.1. The molecule has 128 valence electrons. The van der Waals surface area contributed by atoms with Crippen molar-refractivity contribution in [3.05, 3.63) is 0 Å². The van der Waals surface area contributed by atoms with E-state index in [9.17, 15) is 22.5 Å². The number of likely N-dealkylation sites (tertiary alicyclic amines) is 1. The number of esters is 1. The van der Waals surface area contributed by atoms with E-state index in [2.05, 4.69) is 4.74 Å². The summed E-state index contributed by atoms with van der Waals surface area (Å²) in [6, 6.07) is 0. The van der Waals surface area contributed by atoms with E-state index in [1.54, 1.807) is 20.8 Å². The largest absolute Gasteiger partial charge is 0.479 e. The number of carbonyl (C=O) groups is 2. The number of hydrogen-bond acceptors (Lipinski definition) is 4. The van der Waals surface area contributed by atoms with E-state index in [1.165, 1.54) is 4.90 Å². The molecule has 0 saturated carbocycles. The zero-order valence-corrected chi connectivity index (χ0v) is 13.3. The zero-order chi connectivity index (χ0) is 17.2. The van der Waals surface area contributed by atoms with Crippen LogP contribution in [0.5, 0.6) is 0 Å². The van der Waals surface area contributed by atoms with Gasteiger partial charge in [-0.1, -0.05) is 6.32 Å². The first-order valence-corrected chi connectivity index (χ1v) is 7.16. The second-order valence-electron chi connectivity index (χ2n) is 6.65. The van der Waals surface area contributed by atoms with Gasteiger partial charge in [0.05, 0.1) is 7.11 Å². The molecule has 5 nitrogen and oxygen atoms in total. The number of amides is 1. The van der Waals surface area contributed by atoms with E-state index in [4.69, 9.17) is 4.74 Å². The minimum atomic E-state index is -5.12. The first kappa shape index (κ1) is 18.6. The number of ether oxygens (including phenoxy) is 2. The van der Waals surface area contributed by atoms with Crippen molar-refractivity contribution < 1.29 is 32.0 Å². The van der Waals surface area contributed by atoms with Crippen molar-refractivity contribution >= 4 is 19.0 Å². The number of piperidine rings is 1. The topological polar surface area (TPSA) is 55.8 Å². The molecule has 0 spiro atoms. The lowest BCUT2D eigenvalue weighted by Crippen LogP contribution is -2.50. The molecule has 1 saturated heterocycles. The average molecular weight is 324 g/mol. The zero-order valence-electron chi connectivity index (χ0n) is 13.3. The van der Waals surface area contributed by atoms with Crippen molar-refractivity contribution in [2.45, 2.75) is 45.5 Å². The van der Waals surface area contributed by atoms with E-state index in [0.29, 0.717) is 0 Å².